The summed E-state index contributed by atoms with van der Waals surface area (Å²) in [6, 6.07) is 7.60. The molecule has 1 aliphatic heterocycles. The Morgan fingerprint density at radius 3 is 2.35 bits per heavy atom. The maximum atomic E-state index is 5.52. The number of epoxide rings is 1. The van der Waals surface area contributed by atoms with E-state index < -0.39 is 0 Å². The van der Waals surface area contributed by atoms with Crippen LogP contribution >= 0.6 is 0 Å². The van der Waals surface area contributed by atoms with Gasteiger partial charge in [-0.3, -0.25) is 0 Å². The summed E-state index contributed by atoms with van der Waals surface area (Å²) in [6.07, 6.45) is 0.289. The van der Waals surface area contributed by atoms with Crippen molar-refractivity contribution in [3.05, 3.63) is 24.3 Å². The highest BCUT2D eigenvalue weighted by Gasteiger charge is 2.22. The van der Waals surface area contributed by atoms with E-state index in [1.165, 1.54) is 0 Å². The van der Waals surface area contributed by atoms with Gasteiger partial charge in [0, 0.05) is 6.61 Å². The van der Waals surface area contributed by atoms with Crippen LogP contribution in [0.2, 0.25) is 0 Å². The molecular weight excluding hydrogens is 220 g/mol. The first-order chi connectivity index (χ1) is 8.38. The zero-order valence-electron chi connectivity index (χ0n) is 10.1. The van der Waals surface area contributed by atoms with Gasteiger partial charge in [0.2, 0.25) is 0 Å². The number of rotatable bonds is 8. The van der Waals surface area contributed by atoms with Gasteiger partial charge >= 0.3 is 0 Å². The third kappa shape index (κ3) is 4.63. The van der Waals surface area contributed by atoms with E-state index in [0.29, 0.717) is 19.8 Å². The van der Waals surface area contributed by atoms with E-state index in [1.807, 2.05) is 31.2 Å². The molecule has 0 radical (unpaired) electrons. The largest absolute Gasteiger partial charge is 0.491 e. The number of benzene rings is 1. The van der Waals surface area contributed by atoms with E-state index in [-0.39, 0.29) is 6.10 Å². The molecule has 1 aromatic carbocycles. The lowest BCUT2D eigenvalue weighted by molar-refractivity contribution is 0.110. The first kappa shape index (κ1) is 12.2. The molecule has 1 aromatic rings. The Morgan fingerprint density at radius 2 is 1.76 bits per heavy atom. The second kappa shape index (κ2) is 6.47. The quantitative estimate of drug-likeness (QED) is 0.512. The van der Waals surface area contributed by atoms with Crippen molar-refractivity contribution in [1.29, 1.82) is 0 Å². The fourth-order valence-corrected chi connectivity index (χ4v) is 1.35. The van der Waals surface area contributed by atoms with E-state index in [1.54, 1.807) is 0 Å². The van der Waals surface area contributed by atoms with Gasteiger partial charge < -0.3 is 18.9 Å². The molecule has 94 valence electrons. The van der Waals surface area contributed by atoms with Crippen LogP contribution < -0.4 is 9.47 Å². The van der Waals surface area contributed by atoms with Crippen molar-refractivity contribution in [3.8, 4) is 11.5 Å². The van der Waals surface area contributed by atoms with Crippen LogP contribution in [0.1, 0.15) is 6.92 Å². The third-order valence-corrected chi connectivity index (χ3v) is 2.36. The molecule has 1 saturated heterocycles. The van der Waals surface area contributed by atoms with Gasteiger partial charge in [0.1, 0.15) is 30.8 Å². The smallest absolute Gasteiger partial charge is 0.119 e. The van der Waals surface area contributed by atoms with Crippen molar-refractivity contribution in [2.24, 2.45) is 0 Å². The lowest BCUT2D eigenvalue weighted by Gasteiger charge is -2.08. The summed E-state index contributed by atoms with van der Waals surface area (Å²) in [5.41, 5.74) is 0. The molecule has 0 aromatic heterocycles. The maximum absolute atomic E-state index is 5.52. The zero-order valence-corrected chi connectivity index (χ0v) is 10.1. The molecule has 1 aliphatic rings. The molecule has 2 rings (SSSR count). The molecule has 0 bridgehead atoms. The minimum absolute atomic E-state index is 0.289. The average molecular weight is 238 g/mol. The Kier molecular flexibility index (Phi) is 4.64. The predicted octanol–water partition coefficient (Wildman–Crippen LogP) is 1.88. The predicted molar refractivity (Wildman–Crippen MR) is 63.7 cm³/mol. The first-order valence-corrected chi connectivity index (χ1v) is 5.93. The van der Waals surface area contributed by atoms with Crippen LogP contribution in [0.4, 0.5) is 0 Å². The average Bonchev–Trinajstić information content (AvgIpc) is 3.18. The molecule has 0 N–H and O–H groups in total. The van der Waals surface area contributed by atoms with Crippen molar-refractivity contribution in [1.82, 2.24) is 0 Å². The topological polar surface area (TPSA) is 40.2 Å². The summed E-state index contributed by atoms with van der Waals surface area (Å²) in [6.45, 7) is 5.33. The highest BCUT2D eigenvalue weighted by molar-refractivity contribution is 5.31. The summed E-state index contributed by atoms with van der Waals surface area (Å²) in [7, 11) is 0. The normalized spacial score (nSPS) is 17.8. The first-order valence-electron chi connectivity index (χ1n) is 5.93. The Hall–Kier alpha value is -1.26. The van der Waals surface area contributed by atoms with Gasteiger partial charge in [-0.25, -0.2) is 0 Å². The summed E-state index contributed by atoms with van der Waals surface area (Å²) < 4.78 is 21.3. The van der Waals surface area contributed by atoms with E-state index >= 15 is 0 Å². The third-order valence-electron chi connectivity index (χ3n) is 2.36. The van der Waals surface area contributed by atoms with Crippen LogP contribution in [0.3, 0.4) is 0 Å². The van der Waals surface area contributed by atoms with Gasteiger partial charge in [0.25, 0.3) is 0 Å². The van der Waals surface area contributed by atoms with Crippen molar-refractivity contribution in [2.45, 2.75) is 13.0 Å². The number of ether oxygens (including phenoxy) is 4. The Morgan fingerprint density at radius 1 is 1.12 bits per heavy atom. The Bertz CT molecular complexity index is 319. The van der Waals surface area contributed by atoms with Crippen molar-refractivity contribution in [2.75, 3.05) is 33.0 Å². The van der Waals surface area contributed by atoms with E-state index in [0.717, 1.165) is 24.7 Å². The lowest BCUT2D eigenvalue weighted by Crippen LogP contribution is -2.06. The maximum Gasteiger partial charge on any atom is 0.119 e. The van der Waals surface area contributed by atoms with Crippen molar-refractivity contribution < 1.29 is 18.9 Å². The van der Waals surface area contributed by atoms with Gasteiger partial charge in [-0.2, -0.15) is 0 Å². The highest BCUT2D eigenvalue weighted by Crippen LogP contribution is 2.19. The van der Waals surface area contributed by atoms with E-state index in [2.05, 4.69) is 0 Å². The highest BCUT2D eigenvalue weighted by atomic mass is 16.6. The Labute approximate surface area is 101 Å². The van der Waals surface area contributed by atoms with Crippen LogP contribution in [-0.4, -0.2) is 39.1 Å². The van der Waals surface area contributed by atoms with Gasteiger partial charge in [-0.05, 0) is 31.2 Å². The SMILES string of the molecule is CCOCCOc1ccc(OCC2CO2)cc1. The molecule has 1 atom stereocenters. The molecule has 0 aliphatic carbocycles. The summed E-state index contributed by atoms with van der Waals surface area (Å²) in [5.74, 6) is 1.68. The van der Waals surface area contributed by atoms with Crippen LogP contribution in [0.25, 0.3) is 0 Å². The van der Waals surface area contributed by atoms with Gasteiger partial charge in [0.05, 0.1) is 13.2 Å². The second-order valence-corrected chi connectivity index (χ2v) is 3.78. The second-order valence-electron chi connectivity index (χ2n) is 3.78. The molecule has 17 heavy (non-hydrogen) atoms. The molecule has 4 heteroatoms. The fourth-order valence-electron chi connectivity index (χ4n) is 1.35. The monoisotopic (exact) mass is 238 g/mol. The molecule has 0 spiro atoms. The fraction of sp³-hybridized carbons (Fsp3) is 0.538. The summed E-state index contributed by atoms with van der Waals surface area (Å²) >= 11 is 0. The van der Waals surface area contributed by atoms with Gasteiger partial charge in [0.15, 0.2) is 0 Å². The molecule has 4 nitrogen and oxygen atoms in total. The van der Waals surface area contributed by atoms with Gasteiger partial charge in [-0.15, -0.1) is 0 Å². The van der Waals surface area contributed by atoms with Crippen molar-refractivity contribution >= 4 is 0 Å². The molecule has 1 unspecified atom stereocenters. The van der Waals surface area contributed by atoms with E-state index in [9.17, 15) is 0 Å². The lowest BCUT2D eigenvalue weighted by atomic mass is 10.3. The van der Waals surface area contributed by atoms with Crippen LogP contribution in [0.5, 0.6) is 11.5 Å². The molecule has 1 fully saturated rings. The van der Waals surface area contributed by atoms with Crippen LogP contribution in [-0.2, 0) is 9.47 Å². The summed E-state index contributed by atoms with van der Waals surface area (Å²) in [4.78, 5) is 0. The molecular formula is C13H18O4. The zero-order chi connectivity index (χ0) is 11.9. The van der Waals surface area contributed by atoms with Gasteiger partial charge in [-0.1, -0.05) is 0 Å². The van der Waals surface area contributed by atoms with Crippen LogP contribution in [0, 0.1) is 0 Å². The van der Waals surface area contributed by atoms with Crippen molar-refractivity contribution in [3.63, 3.8) is 0 Å². The molecule has 0 amide bonds. The standard InChI is InChI=1S/C13H18O4/c1-2-14-7-8-15-11-3-5-12(6-4-11)16-9-13-10-17-13/h3-6,13H,2,7-10H2,1H3. The number of hydrogen-bond donors (Lipinski definition) is 0. The van der Waals surface area contributed by atoms with Crippen LogP contribution in [0.15, 0.2) is 24.3 Å². The minimum Gasteiger partial charge on any atom is -0.491 e. The van der Waals surface area contributed by atoms with E-state index in [4.69, 9.17) is 18.9 Å². The molecule has 1 heterocycles. The minimum atomic E-state index is 0.289. The Balaban J connectivity index is 1.68. The molecule has 0 saturated carbocycles. The summed E-state index contributed by atoms with van der Waals surface area (Å²) in [5, 5.41) is 0. The number of hydrogen-bond acceptors (Lipinski definition) is 4.